The highest BCUT2D eigenvalue weighted by Gasteiger charge is 2.44. The van der Waals surface area contributed by atoms with Gasteiger partial charge in [0.2, 0.25) is 5.52 Å². The van der Waals surface area contributed by atoms with E-state index in [9.17, 15) is 9.13 Å². The zero-order chi connectivity index (χ0) is 13.3. The van der Waals surface area contributed by atoms with Crippen molar-refractivity contribution in [1.29, 1.82) is 0 Å². The lowest BCUT2D eigenvalue weighted by Crippen LogP contribution is -2.40. The molecule has 1 rings (SSSR count). The molecule has 102 valence electrons. The molecule has 0 aromatic heterocycles. The van der Waals surface area contributed by atoms with Crippen LogP contribution in [0.3, 0.4) is 0 Å². The highest BCUT2D eigenvalue weighted by atomic mass is 31.2. The number of hydrogen-bond acceptors (Lipinski definition) is 3. The monoisotopic (exact) mass is 287 g/mol. The Morgan fingerprint density at radius 3 is 2.06 bits per heavy atom. The van der Waals surface area contributed by atoms with Crippen molar-refractivity contribution in [3.05, 3.63) is 0 Å². The second-order valence-electron chi connectivity index (χ2n) is 4.69. The summed E-state index contributed by atoms with van der Waals surface area (Å²) in [5, 5.41) is 2.44. The van der Waals surface area contributed by atoms with Crippen LogP contribution in [0.1, 0.15) is 32.6 Å². The third kappa shape index (κ3) is 4.79. The average molecular weight is 287 g/mol. The minimum Gasteiger partial charge on any atom is -0.323 e. The molecular formula is C8H19NO6P2. The molecule has 0 heterocycles. The molecule has 0 spiro atoms. The van der Waals surface area contributed by atoms with E-state index in [2.05, 4.69) is 5.32 Å². The standard InChI is InChI=1S/C8H19NO6P2/c1-6-3-2-4-7(5-6)9-8(16(10,11)12)17(13,14)15/h6-9H,2-5H2,1H3,(H2,10,11,12)(H2,13,14,15). The van der Waals surface area contributed by atoms with Crippen molar-refractivity contribution >= 4 is 15.2 Å². The van der Waals surface area contributed by atoms with E-state index in [1.54, 1.807) is 0 Å². The van der Waals surface area contributed by atoms with Crippen LogP contribution in [0.4, 0.5) is 0 Å². The quantitative estimate of drug-likeness (QED) is 0.484. The molecule has 17 heavy (non-hydrogen) atoms. The maximum Gasteiger partial charge on any atom is 0.354 e. The Balaban J connectivity index is 2.74. The molecule has 0 aromatic rings. The first-order chi connectivity index (χ1) is 7.60. The number of nitrogens with one attached hydrogen (secondary N) is 1. The van der Waals surface area contributed by atoms with Gasteiger partial charge in [0.1, 0.15) is 0 Å². The highest BCUT2D eigenvalue weighted by Crippen LogP contribution is 2.58. The van der Waals surface area contributed by atoms with Gasteiger partial charge in [-0.1, -0.05) is 19.8 Å². The zero-order valence-electron chi connectivity index (χ0n) is 9.56. The lowest BCUT2D eigenvalue weighted by atomic mass is 9.87. The van der Waals surface area contributed by atoms with Gasteiger partial charge in [-0.05, 0) is 18.8 Å². The van der Waals surface area contributed by atoms with E-state index >= 15 is 0 Å². The van der Waals surface area contributed by atoms with Gasteiger partial charge in [0, 0.05) is 6.04 Å². The highest BCUT2D eigenvalue weighted by molar-refractivity contribution is 7.70. The Kier molecular flexibility index (Phi) is 4.95. The third-order valence-electron chi connectivity index (χ3n) is 2.96. The lowest BCUT2D eigenvalue weighted by Gasteiger charge is -2.31. The van der Waals surface area contributed by atoms with Gasteiger partial charge in [0.25, 0.3) is 0 Å². The topological polar surface area (TPSA) is 127 Å². The van der Waals surface area contributed by atoms with Gasteiger partial charge < -0.3 is 19.6 Å². The normalized spacial score (nSPS) is 27.4. The first-order valence-electron chi connectivity index (χ1n) is 5.47. The van der Waals surface area contributed by atoms with Crippen LogP contribution in [0.15, 0.2) is 0 Å². The van der Waals surface area contributed by atoms with Crippen molar-refractivity contribution in [1.82, 2.24) is 5.32 Å². The van der Waals surface area contributed by atoms with E-state index < -0.39 is 20.7 Å². The minimum absolute atomic E-state index is 0.246. The van der Waals surface area contributed by atoms with Crippen molar-refractivity contribution in [3.8, 4) is 0 Å². The molecule has 1 fully saturated rings. The fraction of sp³-hybridized carbons (Fsp3) is 1.00. The molecule has 1 aliphatic rings. The second-order valence-corrected chi connectivity index (χ2v) is 8.48. The van der Waals surface area contributed by atoms with Crippen molar-refractivity contribution in [3.63, 3.8) is 0 Å². The van der Waals surface area contributed by atoms with Crippen molar-refractivity contribution in [2.24, 2.45) is 5.92 Å². The van der Waals surface area contributed by atoms with Gasteiger partial charge in [-0.15, -0.1) is 0 Å². The molecule has 7 nitrogen and oxygen atoms in total. The molecule has 0 aliphatic heterocycles. The minimum atomic E-state index is -4.86. The molecule has 0 radical (unpaired) electrons. The van der Waals surface area contributed by atoms with E-state index in [1.165, 1.54) is 0 Å². The maximum absolute atomic E-state index is 11.1. The van der Waals surface area contributed by atoms with Crippen LogP contribution in [0.25, 0.3) is 0 Å². The maximum atomic E-state index is 11.1. The van der Waals surface area contributed by atoms with Crippen LogP contribution in [-0.2, 0) is 9.13 Å². The number of hydrogen-bond donors (Lipinski definition) is 5. The summed E-state index contributed by atoms with van der Waals surface area (Å²) in [6.07, 6.45) is 3.29. The summed E-state index contributed by atoms with van der Waals surface area (Å²) in [5.41, 5.74) is -2.08. The second kappa shape index (κ2) is 5.49. The molecule has 0 bridgehead atoms. The summed E-state index contributed by atoms with van der Waals surface area (Å²) in [5.74, 6) is 0.399. The summed E-state index contributed by atoms with van der Waals surface area (Å²) >= 11 is 0. The van der Waals surface area contributed by atoms with Crippen molar-refractivity contribution < 1.29 is 28.7 Å². The van der Waals surface area contributed by atoms with Gasteiger partial charge in [-0.2, -0.15) is 0 Å². The van der Waals surface area contributed by atoms with E-state index in [0.717, 1.165) is 12.8 Å². The molecule has 1 saturated carbocycles. The Morgan fingerprint density at radius 2 is 1.65 bits per heavy atom. The van der Waals surface area contributed by atoms with Gasteiger partial charge >= 0.3 is 15.2 Å². The molecule has 0 aromatic carbocycles. The molecule has 2 atom stereocenters. The van der Waals surface area contributed by atoms with Crippen LogP contribution in [-0.4, -0.2) is 31.1 Å². The van der Waals surface area contributed by atoms with Crippen molar-refractivity contribution in [2.75, 3.05) is 0 Å². The smallest absolute Gasteiger partial charge is 0.323 e. The van der Waals surface area contributed by atoms with Crippen LogP contribution in [0.5, 0.6) is 0 Å². The Labute approximate surface area is 99.9 Å². The van der Waals surface area contributed by atoms with Gasteiger partial charge in [-0.3, -0.25) is 14.4 Å². The van der Waals surface area contributed by atoms with E-state index in [1.807, 2.05) is 6.92 Å². The summed E-state index contributed by atoms with van der Waals surface area (Å²) in [7, 11) is -9.72. The fourth-order valence-corrected chi connectivity index (χ4v) is 4.56. The Hall–Kier alpha value is 0.260. The van der Waals surface area contributed by atoms with Gasteiger partial charge in [0.15, 0.2) is 0 Å². The fourth-order valence-electron chi connectivity index (χ4n) is 2.19. The summed E-state index contributed by atoms with van der Waals surface area (Å²) in [6.45, 7) is 2.01. The first-order valence-corrected chi connectivity index (χ1v) is 8.83. The third-order valence-corrected chi connectivity index (χ3v) is 6.34. The van der Waals surface area contributed by atoms with Crippen molar-refractivity contribution in [2.45, 2.75) is 44.2 Å². The van der Waals surface area contributed by atoms with E-state index in [0.29, 0.717) is 18.8 Å². The molecule has 0 saturated heterocycles. The summed E-state index contributed by atoms with van der Waals surface area (Å²) < 4.78 is 22.1. The van der Waals surface area contributed by atoms with Gasteiger partial charge in [0.05, 0.1) is 0 Å². The van der Waals surface area contributed by atoms with Gasteiger partial charge in [-0.25, -0.2) is 0 Å². The van der Waals surface area contributed by atoms with Crippen LogP contribution in [0.2, 0.25) is 0 Å². The molecular weight excluding hydrogens is 268 g/mol. The molecule has 2 unspecified atom stereocenters. The molecule has 5 N–H and O–H groups in total. The predicted molar refractivity (Wildman–Crippen MR) is 62.4 cm³/mol. The van der Waals surface area contributed by atoms with Crippen LogP contribution >= 0.6 is 15.2 Å². The molecule has 0 amide bonds. The lowest BCUT2D eigenvalue weighted by molar-refractivity contribution is 0.276. The van der Waals surface area contributed by atoms with E-state index in [-0.39, 0.29) is 6.04 Å². The summed E-state index contributed by atoms with van der Waals surface area (Å²) in [4.78, 5) is 35.9. The number of rotatable bonds is 4. The van der Waals surface area contributed by atoms with Crippen LogP contribution < -0.4 is 5.32 Å². The van der Waals surface area contributed by atoms with E-state index in [4.69, 9.17) is 19.6 Å². The predicted octanol–water partition coefficient (Wildman–Crippen LogP) is 0.794. The Morgan fingerprint density at radius 1 is 1.12 bits per heavy atom. The first kappa shape index (κ1) is 15.3. The largest absolute Gasteiger partial charge is 0.354 e. The Bertz CT molecular complexity index is 328. The molecule has 1 aliphatic carbocycles. The zero-order valence-corrected chi connectivity index (χ0v) is 11.3. The summed E-state index contributed by atoms with van der Waals surface area (Å²) in [6, 6.07) is -0.246. The SMILES string of the molecule is CC1CCCC(NC(P(=O)(O)O)P(=O)(O)O)C1. The molecule has 9 heteroatoms. The van der Waals surface area contributed by atoms with Crippen LogP contribution in [0, 0.1) is 5.92 Å². The average Bonchev–Trinajstić information content (AvgIpc) is 2.10.